The van der Waals surface area contributed by atoms with E-state index in [2.05, 4.69) is 0 Å². The first kappa shape index (κ1) is 20.0. The predicted octanol–water partition coefficient (Wildman–Crippen LogP) is 4.96. The number of ether oxygens (including phenoxy) is 2. The Morgan fingerprint density at radius 1 is 0.767 bits per heavy atom. The number of hydrogen-bond donors (Lipinski definition) is 0. The van der Waals surface area contributed by atoms with Gasteiger partial charge in [0.25, 0.3) is 0 Å². The third kappa shape index (κ3) is 3.44. The normalized spacial score (nSPS) is 14.7. The van der Waals surface area contributed by atoms with Gasteiger partial charge in [-0.25, -0.2) is 0 Å². The fraction of sp³-hybridized carbons (Fsp3) is 0.167. The van der Waals surface area contributed by atoms with Crippen molar-refractivity contribution in [2.75, 3.05) is 14.2 Å². The summed E-state index contributed by atoms with van der Waals surface area (Å²) >= 11 is 0. The van der Waals surface area contributed by atoms with E-state index in [9.17, 15) is 8.42 Å². The Morgan fingerprint density at radius 3 is 1.83 bits per heavy atom. The molecule has 30 heavy (non-hydrogen) atoms. The van der Waals surface area contributed by atoms with Crippen LogP contribution in [0.5, 0.6) is 11.5 Å². The smallest absolute Gasteiger partial charge is 0.340 e. The van der Waals surface area contributed by atoms with Gasteiger partial charge in [0, 0.05) is 16.7 Å². The number of hydrogen-bond acceptors (Lipinski definition) is 5. The van der Waals surface area contributed by atoms with Crippen LogP contribution in [0.4, 0.5) is 0 Å². The molecule has 5 nitrogen and oxygen atoms in total. The molecule has 0 saturated carbocycles. The Labute approximate surface area is 176 Å². The minimum Gasteiger partial charge on any atom is -0.497 e. The van der Waals surface area contributed by atoms with Crippen molar-refractivity contribution in [1.29, 1.82) is 0 Å². The summed E-state index contributed by atoms with van der Waals surface area (Å²) in [5, 5.41) is 0. The lowest BCUT2D eigenvalue weighted by molar-refractivity contribution is 0.414. The van der Waals surface area contributed by atoms with E-state index in [1.807, 2.05) is 43.3 Å². The first-order valence-electron chi connectivity index (χ1n) is 9.43. The Bertz CT molecular complexity index is 1240. The summed E-state index contributed by atoms with van der Waals surface area (Å²) in [6.07, 6.45) is 0. The lowest BCUT2D eigenvalue weighted by Crippen LogP contribution is -2.17. The van der Waals surface area contributed by atoms with Crippen LogP contribution in [0.1, 0.15) is 27.8 Å². The van der Waals surface area contributed by atoms with E-state index >= 15 is 0 Å². The molecule has 1 heterocycles. The number of rotatable bonds is 4. The summed E-state index contributed by atoms with van der Waals surface area (Å²) < 4.78 is 42.4. The van der Waals surface area contributed by atoms with E-state index in [-0.39, 0.29) is 4.90 Å². The Balaban J connectivity index is 2.06. The number of fused-ring (bicyclic) bond motifs is 1. The summed E-state index contributed by atoms with van der Waals surface area (Å²) in [5.41, 5.74) is 4.47. The van der Waals surface area contributed by atoms with Crippen LogP contribution in [-0.2, 0) is 14.3 Å². The molecular formula is C24H22O5S. The molecule has 0 bridgehead atoms. The van der Waals surface area contributed by atoms with Crippen molar-refractivity contribution in [3.8, 4) is 11.5 Å². The zero-order valence-electron chi connectivity index (χ0n) is 17.2. The maximum Gasteiger partial charge on any atom is 0.340 e. The summed E-state index contributed by atoms with van der Waals surface area (Å²) in [6, 6.07) is 18.4. The molecule has 1 aliphatic heterocycles. The highest BCUT2D eigenvalue weighted by atomic mass is 32.2. The highest BCUT2D eigenvalue weighted by molar-refractivity contribution is 7.87. The molecule has 0 atom stereocenters. The van der Waals surface area contributed by atoms with E-state index < -0.39 is 10.1 Å². The number of benzene rings is 3. The van der Waals surface area contributed by atoms with E-state index in [0.717, 1.165) is 22.4 Å². The van der Waals surface area contributed by atoms with Crippen LogP contribution >= 0.6 is 0 Å². The zero-order valence-corrected chi connectivity index (χ0v) is 18.0. The molecule has 0 aromatic heterocycles. The van der Waals surface area contributed by atoms with Crippen LogP contribution in [0.25, 0.3) is 11.3 Å². The summed E-state index contributed by atoms with van der Waals surface area (Å²) in [7, 11) is -0.780. The van der Waals surface area contributed by atoms with Gasteiger partial charge < -0.3 is 13.7 Å². The largest absolute Gasteiger partial charge is 0.497 e. The van der Waals surface area contributed by atoms with Crippen molar-refractivity contribution < 1.29 is 22.1 Å². The third-order valence-electron chi connectivity index (χ3n) is 5.09. The zero-order chi connectivity index (χ0) is 21.5. The summed E-state index contributed by atoms with van der Waals surface area (Å²) in [6.45, 7) is 3.74. The van der Waals surface area contributed by atoms with Crippen LogP contribution in [0.15, 0.2) is 65.6 Å². The molecule has 6 heteroatoms. The van der Waals surface area contributed by atoms with E-state index in [0.29, 0.717) is 28.2 Å². The standard InChI is InChI=1S/C24H22O5S/c1-15-13-16(2)24-21(14-15)22(17-5-9-19(27-3)10-6-17)23(29-30(24,25)26)18-7-11-20(28-4)12-8-18/h5-14H,1-4H3. The first-order valence-corrected chi connectivity index (χ1v) is 10.8. The SMILES string of the molecule is COc1ccc(C2=C(c3ccc(OC)cc3)c3cc(C)cc(C)c3S(=O)(=O)O2)cc1. The van der Waals surface area contributed by atoms with E-state index in [4.69, 9.17) is 13.7 Å². The summed E-state index contributed by atoms with van der Waals surface area (Å²) in [4.78, 5) is 0.205. The van der Waals surface area contributed by atoms with E-state index in [1.54, 1.807) is 45.4 Å². The highest BCUT2D eigenvalue weighted by Gasteiger charge is 2.34. The molecule has 0 saturated heterocycles. The molecule has 4 rings (SSSR count). The highest BCUT2D eigenvalue weighted by Crippen LogP contribution is 2.44. The molecule has 0 amide bonds. The van der Waals surface area contributed by atoms with E-state index in [1.165, 1.54) is 0 Å². The topological polar surface area (TPSA) is 61.8 Å². The van der Waals surface area contributed by atoms with Gasteiger partial charge in [0.1, 0.15) is 16.4 Å². The number of aryl methyl sites for hydroxylation is 2. The second-order valence-corrected chi connectivity index (χ2v) is 8.64. The van der Waals surface area contributed by atoms with Gasteiger partial charge in [0.2, 0.25) is 0 Å². The van der Waals surface area contributed by atoms with Gasteiger partial charge in [-0.2, -0.15) is 8.42 Å². The van der Waals surface area contributed by atoms with Gasteiger partial charge >= 0.3 is 10.1 Å². The Morgan fingerprint density at radius 2 is 1.30 bits per heavy atom. The second-order valence-electron chi connectivity index (χ2n) is 7.16. The quantitative estimate of drug-likeness (QED) is 0.557. The van der Waals surface area contributed by atoms with Gasteiger partial charge in [0.05, 0.1) is 14.2 Å². The van der Waals surface area contributed by atoms with Crippen molar-refractivity contribution in [2.24, 2.45) is 0 Å². The summed E-state index contributed by atoms with van der Waals surface area (Å²) in [5.74, 6) is 1.69. The lowest BCUT2D eigenvalue weighted by Gasteiger charge is -2.26. The Kier molecular flexibility index (Phi) is 5.03. The van der Waals surface area contributed by atoms with Crippen LogP contribution < -0.4 is 9.47 Å². The Hall–Kier alpha value is -3.25. The van der Waals surface area contributed by atoms with Crippen LogP contribution in [0.2, 0.25) is 0 Å². The van der Waals surface area contributed by atoms with Gasteiger partial charge in [-0.3, -0.25) is 0 Å². The van der Waals surface area contributed by atoms with Gasteiger partial charge in [-0.05, 0) is 67.4 Å². The second kappa shape index (κ2) is 7.54. The molecule has 0 fully saturated rings. The average Bonchev–Trinajstić information content (AvgIpc) is 2.72. The van der Waals surface area contributed by atoms with Crippen molar-refractivity contribution in [2.45, 2.75) is 18.7 Å². The maximum atomic E-state index is 13.1. The molecular weight excluding hydrogens is 400 g/mol. The monoisotopic (exact) mass is 422 g/mol. The molecule has 0 unspecified atom stereocenters. The molecule has 0 N–H and O–H groups in total. The minimum absolute atomic E-state index is 0.205. The molecule has 3 aromatic rings. The van der Waals surface area contributed by atoms with Crippen molar-refractivity contribution >= 4 is 21.5 Å². The third-order valence-corrected chi connectivity index (χ3v) is 6.52. The van der Waals surface area contributed by atoms with Crippen molar-refractivity contribution in [3.05, 3.63) is 88.5 Å². The fourth-order valence-corrected chi connectivity index (χ4v) is 5.13. The van der Waals surface area contributed by atoms with Gasteiger partial charge in [-0.1, -0.05) is 23.8 Å². The fourth-order valence-electron chi connectivity index (χ4n) is 3.77. The molecule has 0 spiro atoms. The van der Waals surface area contributed by atoms with Crippen LogP contribution in [-0.4, -0.2) is 22.6 Å². The molecule has 154 valence electrons. The molecule has 3 aromatic carbocycles. The predicted molar refractivity (Wildman–Crippen MR) is 116 cm³/mol. The first-order chi connectivity index (χ1) is 14.3. The molecule has 0 radical (unpaired) electrons. The number of methoxy groups -OCH3 is 2. The lowest BCUT2D eigenvalue weighted by atomic mass is 9.91. The minimum atomic E-state index is -3.97. The van der Waals surface area contributed by atoms with Crippen LogP contribution in [0.3, 0.4) is 0 Å². The molecule has 1 aliphatic rings. The average molecular weight is 423 g/mol. The van der Waals surface area contributed by atoms with Gasteiger partial charge in [0.15, 0.2) is 5.76 Å². The van der Waals surface area contributed by atoms with Gasteiger partial charge in [-0.15, -0.1) is 0 Å². The van der Waals surface area contributed by atoms with Crippen molar-refractivity contribution in [1.82, 2.24) is 0 Å². The molecule has 0 aliphatic carbocycles. The van der Waals surface area contributed by atoms with Crippen molar-refractivity contribution in [3.63, 3.8) is 0 Å². The van der Waals surface area contributed by atoms with Crippen LogP contribution in [0, 0.1) is 13.8 Å². The maximum absolute atomic E-state index is 13.1.